The van der Waals surface area contributed by atoms with Gasteiger partial charge in [0, 0.05) is 37.8 Å². The van der Waals surface area contributed by atoms with Crippen molar-refractivity contribution in [2.75, 3.05) is 42.9 Å². The van der Waals surface area contributed by atoms with Crippen LogP contribution in [0.2, 0.25) is 0 Å². The van der Waals surface area contributed by atoms with Crippen LogP contribution >= 0.6 is 11.3 Å². The number of thiophene rings is 1. The molecule has 4 aromatic rings. The van der Waals surface area contributed by atoms with Gasteiger partial charge < -0.3 is 15.1 Å². The van der Waals surface area contributed by atoms with Gasteiger partial charge >= 0.3 is 0 Å². The summed E-state index contributed by atoms with van der Waals surface area (Å²) in [6.07, 6.45) is 9.93. The number of piperazine rings is 1. The van der Waals surface area contributed by atoms with Crippen molar-refractivity contribution in [3.05, 3.63) is 54.2 Å². The normalized spacial score (nSPS) is 17.2. The maximum atomic E-state index is 14.8. The number of hydrogen-bond acceptors (Lipinski definition) is 8. The number of halogens is 1. The lowest BCUT2D eigenvalue weighted by Gasteiger charge is -2.35. The number of anilines is 3. The Morgan fingerprint density at radius 1 is 1.03 bits per heavy atom. The first kappa shape index (κ1) is 23.2. The fourth-order valence-corrected chi connectivity index (χ4v) is 6.38. The zero-order chi connectivity index (χ0) is 24.5. The Morgan fingerprint density at radius 2 is 1.86 bits per heavy atom. The quantitative estimate of drug-likeness (QED) is 0.355. The molecule has 36 heavy (non-hydrogen) atoms. The van der Waals surface area contributed by atoms with Gasteiger partial charge in [0.1, 0.15) is 16.3 Å². The monoisotopic (exact) mass is 503 g/mol. The first-order valence-electron chi connectivity index (χ1n) is 12.8. The Morgan fingerprint density at radius 3 is 2.61 bits per heavy atom. The zero-order valence-corrected chi connectivity index (χ0v) is 21.3. The maximum absolute atomic E-state index is 14.8. The van der Waals surface area contributed by atoms with Gasteiger partial charge in [-0.05, 0) is 55.1 Å². The summed E-state index contributed by atoms with van der Waals surface area (Å²) in [5, 5.41) is 4.26. The van der Waals surface area contributed by atoms with E-state index in [0.717, 1.165) is 53.5 Å². The molecule has 0 unspecified atom stereocenters. The van der Waals surface area contributed by atoms with Gasteiger partial charge in [-0.15, -0.1) is 11.3 Å². The molecule has 6 rings (SSSR count). The summed E-state index contributed by atoms with van der Waals surface area (Å²) in [6, 6.07) is 8.15. The molecule has 0 bridgehead atoms. The van der Waals surface area contributed by atoms with Crippen molar-refractivity contribution >= 4 is 39.0 Å². The molecule has 1 aliphatic heterocycles. The molecule has 0 aromatic carbocycles. The molecule has 5 heterocycles. The molecular weight excluding hydrogens is 473 g/mol. The number of nitrogens with zero attached hydrogens (tertiary/aromatic N) is 6. The summed E-state index contributed by atoms with van der Waals surface area (Å²) in [5.74, 6) is 1.08. The first-order chi connectivity index (χ1) is 17.7. The van der Waals surface area contributed by atoms with Gasteiger partial charge in [0.15, 0.2) is 5.82 Å². The fraction of sp³-hybridized carbons (Fsp3) is 0.407. The highest BCUT2D eigenvalue weighted by Crippen LogP contribution is 2.41. The Balaban J connectivity index is 1.22. The number of fused-ring (bicyclic) bond motifs is 1. The molecule has 1 N–H and O–H groups in total. The average molecular weight is 504 g/mol. The van der Waals surface area contributed by atoms with E-state index < -0.39 is 5.82 Å². The predicted octanol–water partition coefficient (Wildman–Crippen LogP) is 5.83. The summed E-state index contributed by atoms with van der Waals surface area (Å²) in [5.41, 5.74) is 2.72. The summed E-state index contributed by atoms with van der Waals surface area (Å²) >= 11 is 1.48. The SMILES string of the molecule is CCN1CCN(c2ccc(Nc3ncc(F)c(-c4cc5c(C6CCCC6)ccnc5s4)n3)nc2)CC1. The van der Waals surface area contributed by atoms with Crippen LogP contribution in [0.5, 0.6) is 0 Å². The smallest absolute Gasteiger partial charge is 0.229 e. The van der Waals surface area contributed by atoms with E-state index in [9.17, 15) is 4.39 Å². The zero-order valence-electron chi connectivity index (χ0n) is 20.5. The van der Waals surface area contributed by atoms with Gasteiger partial charge in [-0.2, -0.15) is 0 Å². The summed E-state index contributed by atoms with van der Waals surface area (Å²) in [4.78, 5) is 24.3. The molecule has 9 heteroatoms. The molecule has 2 fully saturated rings. The lowest BCUT2D eigenvalue weighted by molar-refractivity contribution is 0.271. The van der Waals surface area contributed by atoms with Crippen molar-refractivity contribution in [2.24, 2.45) is 0 Å². The lowest BCUT2D eigenvalue weighted by atomic mass is 9.96. The minimum atomic E-state index is -0.441. The van der Waals surface area contributed by atoms with E-state index in [4.69, 9.17) is 0 Å². The highest BCUT2D eigenvalue weighted by molar-refractivity contribution is 7.21. The third-order valence-corrected chi connectivity index (χ3v) is 8.46. The Kier molecular flexibility index (Phi) is 6.50. The predicted molar refractivity (Wildman–Crippen MR) is 144 cm³/mol. The largest absolute Gasteiger partial charge is 0.368 e. The van der Waals surface area contributed by atoms with Gasteiger partial charge in [-0.1, -0.05) is 19.8 Å². The summed E-state index contributed by atoms with van der Waals surface area (Å²) in [6.45, 7) is 7.43. The van der Waals surface area contributed by atoms with Crippen LogP contribution in [0, 0.1) is 5.82 Å². The minimum Gasteiger partial charge on any atom is -0.368 e. The van der Waals surface area contributed by atoms with E-state index in [2.05, 4.69) is 54.1 Å². The lowest BCUT2D eigenvalue weighted by Crippen LogP contribution is -2.46. The molecule has 7 nitrogen and oxygen atoms in total. The van der Waals surface area contributed by atoms with Crippen molar-refractivity contribution in [1.29, 1.82) is 0 Å². The molecule has 1 aliphatic carbocycles. The molecule has 0 radical (unpaired) electrons. The van der Waals surface area contributed by atoms with Gasteiger partial charge in [0.2, 0.25) is 5.95 Å². The van der Waals surface area contributed by atoms with E-state index in [-0.39, 0.29) is 0 Å². The standard InChI is InChI=1S/C27H30FN7S/c1-2-34-11-13-35(14-12-34)19-7-8-24(30-16-19)32-27-31-17-22(28)25(33-27)23-15-21-20(18-5-3-4-6-18)9-10-29-26(21)36-23/h7-10,15-18H,2-6,11-14H2,1H3,(H,30,31,32,33). The van der Waals surface area contributed by atoms with Crippen molar-refractivity contribution in [3.8, 4) is 10.6 Å². The van der Waals surface area contributed by atoms with Crippen LogP contribution in [-0.4, -0.2) is 57.6 Å². The van der Waals surface area contributed by atoms with E-state index in [1.165, 1.54) is 48.8 Å². The topological polar surface area (TPSA) is 70.1 Å². The molecule has 1 saturated heterocycles. The van der Waals surface area contributed by atoms with Crippen molar-refractivity contribution < 1.29 is 4.39 Å². The maximum Gasteiger partial charge on any atom is 0.229 e. The Labute approximate surface area is 214 Å². The van der Waals surface area contributed by atoms with Crippen molar-refractivity contribution in [3.63, 3.8) is 0 Å². The second kappa shape index (κ2) is 10.1. The third kappa shape index (κ3) is 4.65. The fourth-order valence-electron chi connectivity index (χ4n) is 5.35. The van der Waals surface area contributed by atoms with Gasteiger partial charge in [-0.25, -0.2) is 24.3 Å². The molecule has 186 valence electrons. The number of nitrogens with one attached hydrogen (secondary N) is 1. The highest BCUT2D eigenvalue weighted by Gasteiger charge is 2.22. The van der Waals surface area contributed by atoms with E-state index >= 15 is 0 Å². The van der Waals surface area contributed by atoms with Crippen LogP contribution in [0.25, 0.3) is 20.8 Å². The van der Waals surface area contributed by atoms with Gasteiger partial charge in [0.25, 0.3) is 0 Å². The van der Waals surface area contributed by atoms with Crippen LogP contribution in [0.4, 0.5) is 21.8 Å². The molecule has 4 aromatic heterocycles. The van der Waals surface area contributed by atoms with E-state index in [0.29, 0.717) is 23.4 Å². The Bertz CT molecular complexity index is 1340. The molecule has 1 saturated carbocycles. The van der Waals surface area contributed by atoms with Crippen LogP contribution in [0.15, 0.2) is 42.9 Å². The number of aromatic nitrogens is 4. The van der Waals surface area contributed by atoms with Crippen LogP contribution in [-0.2, 0) is 0 Å². The summed E-state index contributed by atoms with van der Waals surface area (Å²) < 4.78 is 14.8. The van der Waals surface area contributed by atoms with E-state index in [1.54, 1.807) is 0 Å². The second-order valence-corrected chi connectivity index (χ2v) is 10.6. The molecule has 0 amide bonds. The van der Waals surface area contributed by atoms with Gasteiger partial charge in [0.05, 0.1) is 23.0 Å². The van der Waals surface area contributed by atoms with Crippen molar-refractivity contribution in [2.45, 2.75) is 38.5 Å². The van der Waals surface area contributed by atoms with Crippen LogP contribution < -0.4 is 10.2 Å². The molecule has 0 spiro atoms. The molecular formula is C27H30FN7S. The number of likely N-dealkylation sites (N-methyl/N-ethyl adjacent to an activating group) is 1. The molecule has 2 aliphatic rings. The summed E-state index contributed by atoms with van der Waals surface area (Å²) in [7, 11) is 0. The van der Waals surface area contributed by atoms with Crippen LogP contribution in [0.1, 0.15) is 44.1 Å². The Hall–Kier alpha value is -3.17. The second-order valence-electron chi connectivity index (χ2n) is 9.55. The molecule has 0 atom stereocenters. The first-order valence-corrected chi connectivity index (χ1v) is 13.6. The van der Waals surface area contributed by atoms with Crippen molar-refractivity contribution in [1.82, 2.24) is 24.8 Å². The number of pyridine rings is 2. The van der Waals surface area contributed by atoms with E-state index in [1.807, 2.05) is 24.5 Å². The number of hydrogen-bond donors (Lipinski definition) is 1. The average Bonchev–Trinajstić information content (AvgIpc) is 3.61. The van der Waals surface area contributed by atoms with Gasteiger partial charge in [-0.3, -0.25) is 0 Å². The number of rotatable bonds is 6. The third-order valence-electron chi connectivity index (χ3n) is 7.41. The van der Waals surface area contributed by atoms with Crippen LogP contribution in [0.3, 0.4) is 0 Å². The highest BCUT2D eigenvalue weighted by atomic mass is 32.1. The minimum absolute atomic E-state index is 0.290.